The van der Waals surface area contributed by atoms with Crippen LogP contribution in [0, 0.1) is 13.8 Å². The van der Waals surface area contributed by atoms with Crippen LogP contribution < -0.4 is 4.80 Å². The fourth-order valence-electron chi connectivity index (χ4n) is 2.61. The first-order valence-electron chi connectivity index (χ1n) is 7.81. The molecular weight excluding hydrogens is 336 g/mol. The summed E-state index contributed by atoms with van der Waals surface area (Å²) >= 11 is 3.18. The van der Waals surface area contributed by atoms with Gasteiger partial charge in [-0.25, -0.2) is 0 Å². The summed E-state index contributed by atoms with van der Waals surface area (Å²) in [6.07, 6.45) is 0. The molecule has 0 saturated carbocycles. The number of rotatable bonds is 4. The van der Waals surface area contributed by atoms with Crippen LogP contribution in [0.1, 0.15) is 16.7 Å². The summed E-state index contributed by atoms with van der Waals surface area (Å²) in [4.78, 5) is 17.3. The van der Waals surface area contributed by atoms with E-state index in [2.05, 4.69) is 43.1 Å². The third kappa shape index (κ3) is 3.62. The van der Waals surface area contributed by atoms with Crippen LogP contribution in [0.3, 0.4) is 0 Å². The molecule has 1 amide bonds. The largest absolute Gasteiger partial charge is 0.319 e. The SMILES string of the molecule is Cc1ccc2sc(=NC(=O)CSCc3ccccc3)n(C)c2c1C. The Morgan fingerprint density at radius 3 is 2.67 bits per heavy atom. The smallest absolute Gasteiger partial charge is 0.258 e. The molecule has 5 heteroatoms. The Kier molecular flexibility index (Phi) is 5.21. The molecule has 0 saturated heterocycles. The summed E-state index contributed by atoms with van der Waals surface area (Å²) < 4.78 is 3.20. The molecule has 3 nitrogen and oxygen atoms in total. The van der Waals surface area contributed by atoms with Crippen molar-refractivity contribution in [1.29, 1.82) is 0 Å². The van der Waals surface area contributed by atoms with Gasteiger partial charge in [-0.15, -0.1) is 11.8 Å². The standard InChI is InChI=1S/C19H20N2OS2/c1-13-9-10-16-18(14(13)2)21(3)19(24-16)20-17(22)12-23-11-15-7-5-4-6-8-15/h4-10H,11-12H2,1-3H3. The third-order valence-electron chi connectivity index (χ3n) is 4.05. The predicted molar refractivity (Wildman–Crippen MR) is 103 cm³/mol. The molecule has 1 heterocycles. The summed E-state index contributed by atoms with van der Waals surface area (Å²) in [5, 5.41) is 0. The molecule has 0 atom stereocenters. The van der Waals surface area contributed by atoms with Crippen LogP contribution in [0.15, 0.2) is 47.5 Å². The summed E-state index contributed by atoms with van der Waals surface area (Å²) in [6.45, 7) is 4.22. The lowest BCUT2D eigenvalue weighted by atomic mass is 10.1. The van der Waals surface area contributed by atoms with Crippen LogP contribution in [-0.2, 0) is 17.6 Å². The van der Waals surface area contributed by atoms with Gasteiger partial charge >= 0.3 is 0 Å². The molecule has 0 unspecified atom stereocenters. The number of carbonyl (C=O) groups is 1. The number of hydrogen-bond donors (Lipinski definition) is 0. The predicted octanol–water partition coefficient (Wildman–Crippen LogP) is 4.22. The summed E-state index contributed by atoms with van der Waals surface area (Å²) in [7, 11) is 1.98. The van der Waals surface area contributed by atoms with Crippen molar-refractivity contribution in [2.45, 2.75) is 19.6 Å². The number of aromatic nitrogens is 1. The van der Waals surface area contributed by atoms with Gasteiger partial charge in [0.2, 0.25) is 0 Å². The van der Waals surface area contributed by atoms with Crippen LogP contribution in [0.25, 0.3) is 10.2 Å². The van der Waals surface area contributed by atoms with Gasteiger partial charge in [-0.3, -0.25) is 4.79 Å². The van der Waals surface area contributed by atoms with Crippen LogP contribution in [-0.4, -0.2) is 16.2 Å². The maximum Gasteiger partial charge on any atom is 0.258 e. The number of thioether (sulfide) groups is 1. The molecule has 124 valence electrons. The molecular formula is C19H20N2OS2. The maximum atomic E-state index is 12.2. The van der Waals surface area contributed by atoms with Crippen molar-refractivity contribution in [3.8, 4) is 0 Å². The molecule has 0 aliphatic rings. The topological polar surface area (TPSA) is 34.4 Å². The van der Waals surface area contributed by atoms with Crippen molar-refractivity contribution in [2.24, 2.45) is 12.0 Å². The molecule has 0 fully saturated rings. The average Bonchev–Trinajstić information content (AvgIpc) is 2.89. The van der Waals surface area contributed by atoms with Gasteiger partial charge in [0.1, 0.15) is 0 Å². The van der Waals surface area contributed by atoms with Gasteiger partial charge in [-0.2, -0.15) is 4.99 Å². The first-order chi connectivity index (χ1) is 11.6. The fourth-order valence-corrected chi connectivity index (χ4v) is 4.47. The number of benzene rings is 2. The molecule has 3 aromatic rings. The molecule has 0 aliphatic heterocycles. The Morgan fingerprint density at radius 1 is 1.17 bits per heavy atom. The van der Waals surface area contributed by atoms with Crippen LogP contribution >= 0.6 is 23.1 Å². The van der Waals surface area contributed by atoms with Gasteiger partial charge in [0.15, 0.2) is 4.80 Å². The van der Waals surface area contributed by atoms with E-state index in [0.29, 0.717) is 5.75 Å². The lowest BCUT2D eigenvalue weighted by molar-refractivity contribution is -0.115. The summed E-state index contributed by atoms with van der Waals surface area (Å²) in [5.74, 6) is 1.16. The van der Waals surface area contributed by atoms with E-state index < -0.39 is 0 Å². The van der Waals surface area contributed by atoms with Crippen molar-refractivity contribution < 1.29 is 4.79 Å². The lowest BCUT2D eigenvalue weighted by Gasteiger charge is -2.03. The van der Waals surface area contributed by atoms with E-state index in [9.17, 15) is 4.79 Å². The number of thiazole rings is 1. The highest BCUT2D eigenvalue weighted by atomic mass is 32.2. The zero-order valence-corrected chi connectivity index (χ0v) is 15.7. The third-order valence-corrected chi connectivity index (χ3v) is 6.13. The van der Waals surface area contributed by atoms with E-state index in [1.165, 1.54) is 26.9 Å². The van der Waals surface area contributed by atoms with Crippen molar-refractivity contribution in [3.05, 3.63) is 64.0 Å². The quantitative estimate of drug-likeness (QED) is 0.701. The molecule has 24 heavy (non-hydrogen) atoms. The first kappa shape index (κ1) is 17.0. The first-order valence-corrected chi connectivity index (χ1v) is 9.78. The number of fused-ring (bicyclic) bond motifs is 1. The second kappa shape index (κ2) is 7.36. The van der Waals surface area contributed by atoms with Gasteiger partial charge in [0, 0.05) is 12.8 Å². The van der Waals surface area contributed by atoms with Crippen LogP contribution in [0.5, 0.6) is 0 Å². The minimum Gasteiger partial charge on any atom is -0.319 e. The van der Waals surface area contributed by atoms with E-state index in [1.54, 1.807) is 23.1 Å². The number of aryl methyl sites for hydroxylation is 3. The van der Waals surface area contributed by atoms with E-state index >= 15 is 0 Å². The highest BCUT2D eigenvalue weighted by Crippen LogP contribution is 2.23. The molecule has 0 spiro atoms. The highest BCUT2D eigenvalue weighted by molar-refractivity contribution is 7.99. The van der Waals surface area contributed by atoms with Gasteiger partial charge in [-0.1, -0.05) is 47.7 Å². The molecule has 3 rings (SSSR count). The van der Waals surface area contributed by atoms with Crippen LogP contribution in [0.4, 0.5) is 0 Å². The Labute approximate surface area is 150 Å². The van der Waals surface area contributed by atoms with Gasteiger partial charge in [0.05, 0.1) is 16.0 Å². The lowest BCUT2D eigenvalue weighted by Crippen LogP contribution is -2.14. The van der Waals surface area contributed by atoms with Crippen LogP contribution in [0.2, 0.25) is 0 Å². The van der Waals surface area contributed by atoms with Crippen molar-refractivity contribution >= 4 is 39.2 Å². The zero-order chi connectivity index (χ0) is 17.1. The Hall–Kier alpha value is -1.85. The molecule has 0 N–H and O–H groups in total. The van der Waals surface area contributed by atoms with Gasteiger partial charge in [-0.05, 0) is 36.6 Å². The number of carbonyl (C=O) groups excluding carboxylic acids is 1. The van der Waals surface area contributed by atoms with E-state index in [0.717, 1.165) is 10.6 Å². The van der Waals surface area contributed by atoms with Gasteiger partial charge < -0.3 is 4.57 Å². The Morgan fingerprint density at radius 2 is 1.92 bits per heavy atom. The molecule has 0 radical (unpaired) electrons. The molecule has 0 aliphatic carbocycles. The number of nitrogens with zero attached hydrogens (tertiary/aromatic N) is 2. The monoisotopic (exact) mass is 356 g/mol. The van der Waals surface area contributed by atoms with Gasteiger partial charge in [0.25, 0.3) is 5.91 Å². The van der Waals surface area contributed by atoms with Crippen molar-refractivity contribution in [2.75, 3.05) is 5.75 Å². The second-order valence-corrected chi connectivity index (χ2v) is 7.78. The average molecular weight is 357 g/mol. The summed E-state index contributed by atoms with van der Waals surface area (Å²) in [6, 6.07) is 14.4. The number of hydrogen-bond acceptors (Lipinski definition) is 3. The second-order valence-electron chi connectivity index (χ2n) is 5.78. The van der Waals surface area contributed by atoms with Crippen molar-refractivity contribution in [1.82, 2.24) is 4.57 Å². The maximum absolute atomic E-state index is 12.2. The Balaban J connectivity index is 1.76. The normalized spacial score (nSPS) is 12.0. The summed E-state index contributed by atoms with van der Waals surface area (Å²) in [5.41, 5.74) is 4.91. The molecule has 0 bridgehead atoms. The van der Waals surface area contributed by atoms with Crippen molar-refractivity contribution in [3.63, 3.8) is 0 Å². The zero-order valence-electron chi connectivity index (χ0n) is 14.1. The number of amides is 1. The highest BCUT2D eigenvalue weighted by Gasteiger charge is 2.09. The van der Waals surface area contributed by atoms with E-state index in [1.807, 2.05) is 29.8 Å². The fraction of sp³-hybridized carbons (Fsp3) is 0.263. The Bertz CT molecular complexity index is 939. The molecule has 1 aromatic heterocycles. The van der Waals surface area contributed by atoms with E-state index in [-0.39, 0.29) is 5.91 Å². The minimum atomic E-state index is -0.0764. The van der Waals surface area contributed by atoms with E-state index in [4.69, 9.17) is 0 Å². The minimum absolute atomic E-state index is 0.0764. The molecule has 2 aromatic carbocycles.